The van der Waals surface area contributed by atoms with Crippen LogP contribution in [0.1, 0.15) is 65.4 Å². The van der Waals surface area contributed by atoms with Crippen molar-refractivity contribution in [1.82, 2.24) is 4.98 Å². The molecule has 1 aromatic heterocycles. The van der Waals surface area contributed by atoms with Gasteiger partial charge in [-0.1, -0.05) is 32.3 Å². The zero-order valence-electron chi connectivity index (χ0n) is 12.9. The van der Waals surface area contributed by atoms with Crippen LogP contribution in [-0.4, -0.2) is 16.7 Å². The average Bonchev–Trinajstić information content (AvgIpc) is 3.13. The Balaban J connectivity index is 2.11. The number of ketones is 1. The molecule has 3 N–H and O–H groups in total. The summed E-state index contributed by atoms with van der Waals surface area (Å²) in [6.07, 6.45) is 6.10. The quantitative estimate of drug-likeness (QED) is 0.828. The zero-order chi connectivity index (χ0) is 15.7. The minimum atomic E-state index is -0.447. The molecule has 116 valence electrons. The lowest BCUT2D eigenvalue weighted by Crippen LogP contribution is -2.13. The molecule has 0 atom stereocenters. The SMILES string of the molecule is CCCc1[nH]c2cc(C(N)=O)ccc2c1C(=O)C1CCCC1. The van der Waals surface area contributed by atoms with Crippen LogP contribution in [0.3, 0.4) is 0 Å². The van der Waals surface area contributed by atoms with Crippen LogP contribution in [0.2, 0.25) is 0 Å². The van der Waals surface area contributed by atoms with Gasteiger partial charge in [-0.25, -0.2) is 0 Å². The molecule has 22 heavy (non-hydrogen) atoms. The number of nitrogens with one attached hydrogen (secondary N) is 1. The van der Waals surface area contributed by atoms with E-state index in [0.717, 1.165) is 60.7 Å². The van der Waals surface area contributed by atoms with Crippen molar-refractivity contribution in [2.24, 2.45) is 11.7 Å². The van der Waals surface area contributed by atoms with E-state index in [2.05, 4.69) is 11.9 Å². The van der Waals surface area contributed by atoms with E-state index >= 15 is 0 Å². The van der Waals surface area contributed by atoms with Crippen molar-refractivity contribution in [1.29, 1.82) is 0 Å². The van der Waals surface area contributed by atoms with Crippen LogP contribution in [0, 0.1) is 5.92 Å². The second-order valence-electron chi connectivity index (χ2n) is 6.20. The summed E-state index contributed by atoms with van der Waals surface area (Å²) in [5.41, 5.74) is 8.48. The van der Waals surface area contributed by atoms with Gasteiger partial charge < -0.3 is 10.7 Å². The van der Waals surface area contributed by atoms with Gasteiger partial charge >= 0.3 is 0 Å². The van der Waals surface area contributed by atoms with Crippen LogP contribution in [0.25, 0.3) is 10.9 Å². The molecule has 0 spiro atoms. The van der Waals surface area contributed by atoms with E-state index in [9.17, 15) is 9.59 Å². The normalized spacial score (nSPS) is 15.5. The number of benzene rings is 1. The molecule has 1 amide bonds. The highest BCUT2D eigenvalue weighted by Gasteiger charge is 2.28. The smallest absolute Gasteiger partial charge is 0.248 e. The Bertz CT molecular complexity index is 724. The van der Waals surface area contributed by atoms with E-state index in [0.29, 0.717) is 5.56 Å². The number of carbonyl (C=O) groups is 2. The molecule has 1 aromatic carbocycles. The number of rotatable bonds is 5. The molecular weight excluding hydrogens is 276 g/mol. The summed E-state index contributed by atoms with van der Waals surface area (Å²) >= 11 is 0. The van der Waals surface area contributed by atoms with Crippen molar-refractivity contribution in [2.45, 2.75) is 45.4 Å². The van der Waals surface area contributed by atoms with Gasteiger partial charge in [-0.15, -0.1) is 0 Å². The fourth-order valence-corrected chi connectivity index (χ4v) is 3.52. The lowest BCUT2D eigenvalue weighted by Gasteiger charge is -2.09. The summed E-state index contributed by atoms with van der Waals surface area (Å²) in [5.74, 6) is -0.0262. The van der Waals surface area contributed by atoms with E-state index in [1.807, 2.05) is 6.07 Å². The molecule has 0 radical (unpaired) electrons. The Morgan fingerprint density at radius 3 is 2.64 bits per heavy atom. The fourth-order valence-electron chi connectivity index (χ4n) is 3.52. The van der Waals surface area contributed by atoms with Crippen molar-refractivity contribution in [3.8, 4) is 0 Å². The Morgan fingerprint density at radius 2 is 2.00 bits per heavy atom. The number of H-pyrrole nitrogens is 1. The molecular formula is C18H22N2O2. The van der Waals surface area contributed by atoms with E-state index in [4.69, 9.17) is 5.73 Å². The summed E-state index contributed by atoms with van der Waals surface area (Å²) in [4.78, 5) is 27.6. The average molecular weight is 298 g/mol. The molecule has 1 fully saturated rings. The summed E-state index contributed by atoms with van der Waals surface area (Å²) in [6.45, 7) is 2.10. The molecule has 1 aliphatic carbocycles. The molecule has 4 nitrogen and oxygen atoms in total. The molecule has 1 heterocycles. The third-order valence-corrected chi connectivity index (χ3v) is 4.63. The van der Waals surface area contributed by atoms with E-state index < -0.39 is 5.91 Å². The van der Waals surface area contributed by atoms with Gasteiger partial charge in [-0.2, -0.15) is 0 Å². The van der Waals surface area contributed by atoms with Gasteiger partial charge in [0.05, 0.1) is 0 Å². The monoisotopic (exact) mass is 298 g/mol. The predicted molar refractivity (Wildman–Crippen MR) is 87.1 cm³/mol. The molecule has 1 aliphatic rings. The minimum Gasteiger partial charge on any atom is -0.366 e. The largest absolute Gasteiger partial charge is 0.366 e. The summed E-state index contributed by atoms with van der Waals surface area (Å²) in [6, 6.07) is 5.31. The van der Waals surface area contributed by atoms with Crippen molar-refractivity contribution in [2.75, 3.05) is 0 Å². The van der Waals surface area contributed by atoms with Crippen LogP contribution < -0.4 is 5.73 Å². The number of fused-ring (bicyclic) bond motifs is 1. The third-order valence-electron chi connectivity index (χ3n) is 4.63. The molecule has 4 heteroatoms. The highest BCUT2D eigenvalue weighted by atomic mass is 16.1. The maximum atomic E-state index is 12.9. The van der Waals surface area contributed by atoms with Crippen molar-refractivity contribution < 1.29 is 9.59 Å². The third kappa shape index (κ3) is 2.54. The van der Waals surface area contributed by atoms with Crippen molar-refractivity contribution >= 4 is 22.6 Å². The summed E-state index contributed by atoms with van der Waals surface area (Å²) in [5, 5.41) is 0.922. The van der Waals surface area contributed by atoms with Gasteiger partial charge in [-0.3, -0.25) is 9.59 Å². The zero-order valence-corrected chi connectivity index (χ0v) is 12.9. The van der Waals surface area contributed by atoms with Crippen LogP contribution >= 0.6 is 0 Å². The highest BCUT2D eigenvalue weighted by molar-refractivity contribution is 6.11. The summed E-state index contributed by atoms with van der Waals surface area (Å²) < 4.78 is 0. The predicted octanol–water partition coefficient (Wildman–Crippen LogP) is 3.59. The number of amides is 1. The first-order valence-corrected chi connectivity index (χ1v) is 8.10. The number of primary amides is 1. The van der Waals surface area contributed by atoms with Gasteiger partial charge in [0.2, 0.25) is 5.91 Å². The number of aromatic nitrogens is 1. The standard InChI is InChI=1S/C18H22N2O2/c1-2-5-14-16(17(21)11-6-3-4-7-11)13-9-8-12(18(19)22)10-15(13)20-14/h8-11,20H,2-7H2,1H3,(H2,19,22). The van der Waals surface area contributed by atoms with Crippen LogP contribution in [-0.2, 0) is 6.42 Å². The Kier molecular flexibility index (Phi) is 4.01. The van der Waals surface area contributed by atoms with Gasteiger partial charge in [0, 0.05) is 33.6 Å². The maximum absolute atomic E-state index is 12.9. The number of hydrogen-bond donors (Lipinski definition) is 2. The number of hydrogen-bond acceptors (Lipinski definition) is 2. The number of aryl methyl sites for hydroxylation is 1. The first-order chi connectivity index (χ1) is 10.6. The second kappa shape index (κ2) is 5.95. The lowest BCUT2D eigenvalue weighted by molar-refractivity contribution is 0.0923. The molecule has 1 saturated carbocycles. The van der Waals surface area contributed by atoms with Crippen LogP contribution in [0.5, 0.6) is 0 Å². The van der Waals surface area contributed by atoms with Gasteiger partial charge in [0.15, 0.2) is 5.78 Å². The van der Waals surface area contributed by atoms with E-state index in [1.165, 1.54) is 0 Å². The van der Waals surface area contributed by atoms with E-state index in [-0.39, 0.29) is 11.7 Å². The van der Waals surface area contributed by atoms with Gasteiger partial charge in [0.1, 0.15) is 0 Å². The highest BCUT2D eigenvalue weighted by Crippen LogP contribution is 2.33. The number of aromatic amines is 1. The topological polar surface area (TPSA) is 76.0 Å². The maximum Gasteiger partial charge on any atom is 0.248 e. The lowest BCUT2D eigenvalue weighted by atomic mass is 9.93. The fraction of sp³-hybridized carbons (Fsp3) is 0.444. The summed E-state index contributed by atoms with van der Waals surface area (Å²) in [7, 11) is 0. The number of Topliss-reactive ketones (excluding diaryl/α,β-unsaturated/α-hetero) is 1. The van der Waals surface area contributed by atoms with Crippen molar-refractivity contribution in [3.63, 3.8) is 0 Å². The van der Waals surface area contributed by atoms with Gasteiger partial charge in [-0.05, 0) is 31.4 Å². The minimum absolute atomic E-state index is 0.158. The van der Waals surface area contributed by atoms with Crippen LogP contribution in [0.4, 0.5) is 0 Å². The number of carbonyl (C=O) groups excluding carboxylic acids is 2. The molecule has 0 saturated heterocycles. The Labute approximate surface area is 130 Å². The molecule has 2 aromatic rings. The molecule has 3 rings (SSSR count). The molecule has 0 aliphatic heterocycles. The molecule has 0 unspecified atom stereocenters. The van der Waals surface area contributed by atoms with Crippen molar-refractivity contribution in [3.05, 3.63) is 35.0 Å². The Morgan fingerprint density at radius 1 is 1.27 bits per heavy atom. The number of nitrogens with two attached hydrogens (primary N) is 1. The second-order valence-corrected chi connectivity index (χ2v) is 6.20. The first-order valence-electron chi connectivity index (χ1n) is 8.10. The van der Waals surface area contributed by atoms with E-state index in [1.54, 1.807) is 12.1 Å². The first kappa shape index (κ1) is 14.8. The Hall–Kier alpha value is -2.10. The molecule has 0 bridgehead atoms. The van der Waals surface area contributed by atoms with Crippen LogP contribution in [0.15, 0.2) is 18.2 Å². The van der Waals surface area contributed by atoms with Gasteiger partial charge in [0.25, 0.3) is 0 Å².